The molecule has 0 atom stereocenters. The van der Waals surface area contributed by atoms with E-state index in [1.165, 1.54) is 4.68 Å². The third kappa shape index (κ3) is 2.40. The molecule has 2 heterocycles. The van der Waals surface area contributed by atoms with Gasteiger partial charge >= 0.3 is 0 Å². The first-order valence-corrected chi connectivity index (χ1v) is 7.70. The molecule has 5 heteroatoms. The summed E-state index contributed by atoms with van der Waals surface area (Å²) in [4.78, 5) is 12.7. The van der Waals surface area contributed by atoms with Gasteiger partial charge in [-0.25, -0.2) is 4.68 Å². The Morgan fingerprint density at radius 2 is 1.67 bits per heavy atom. The van der Waals surface area contributed by atoms with E-state index in [0.29, 0.717) is 28.9 Å². The summed E-state index contributed by atoms with van der Waals surface area (Å²) in [7, 11) is 0. The van der Waals surface area contributed by atoms with Gasteiger partial charge in [0.2, 0.25) is 0 Å². The summed E-state index contributed by atoms with van der Waals surface area (Å²) in [5.41, 5.74) is 2.71. The highest BCUT2D eigenvalue weighted by Gasteiger charge is 2.18. The summed E-state index contributed by atoms with van der Waals surface area (Å²) in [5, 5.41) is 9.24. The van der Waals surface area contributed by atoms with Gasteiger partial charge < -0.3 is 4.52 Å². The van der Waals surface area contributed by atoms with Gasteiger partial charge in [-0.05, 0) is 12.5 Å². The number of rotatable bonds is 3. The fourth-order valence-corrected chi connectivity index (χ4v) is 2.80. The molecule has 0 spiro atoms. The van der Waals surface area contributed by atoms with Crippen LogP contribution in [-0.2, 0) is 6.54 Å². The summed E-state index contributed by atoms with van der Waals surface area (Å²) >= 11 is 0. The van der Waals surface area contributed by atoms with Crippen molar-refractivity contribution < 1.29 is 4.52 Å². The Hall–Kier alpha value is -3.21. The normalized spacial score (nSPS) is 11.0. The molecule has 0 bridgehead atoms. The second-order valence-corrected chi connectivity index (χ2v) is 5.63. The van der Waals surface area contributed by atoms with Crippen LogP contribution in [0.5, 0.6) is 0 Å². The molecule has 0 fully saturated rings. The van der Waals surface area contributed by atoms with Gasteiger partial charge in [0.15, 0.2) is 5.52 Å². The number of nitrogens with zero attached hydrogens (tertiary/aromatic N) is 3. The molecule has 2 aromatic carbocycles. The molecule has 0 unspecified atom stereocenters. The van der Waals surface area contributed by atoms with Crippen LogP contribution in [0.2, 0.25) is 0 Å². The molecule has 2 aromatic heterocycles. The Balaban J connectivity index is 1.96. The van der Waals surface area contributed by atoms with Gasteiger partial charge in [-0.2, -0.15) is 5.10 Å². The van der Waals surface area contributed by atoms with Crippen LogP contribution in [-0.4, -0.2) is 14.9 Å². The van der Waals surface area contributed by atoms with Gasteiger partial charge in [0.25, 0.3) is 5.56 Å². The topological polar surface area (TPSA) is 60.9 Å². The van der Waals surface area contributed by atoms with Crippen molar-refractivity contribution in [1.82, 2.24) is 14.9 Å². The maximum atomic E-state index is 12.7. The van der Waals surface area contributed by atoms with Gasteiger partial charge in [0.05, 0.1) is 11.9 Å². The van der Waals surface area contributed by atoms with Crippen molar-refractivity contribution in [3.05, 3.63) is 82.3 Å². The number of hydrogen-bond donors (Lipinski definition) is 0. The van der Waals surface area contributed by atoms with Gasteiger partial charge in [0, 0.05) is 5.56 Å². The molecule has 0 saturated heterocycles. The van der Waals surface area contributed by atoms with E-state index in [1.807, 2.05) is 60.7 Å². The molecule has 0 N–H and O–H groups in total. The fourth-order valence-electron chi connectivity index (χ4n) is 2.80. The Labute approximate surface area is 138 Å². The quantitative estimate of drug-likeness (QED) is 0.581. The predicted octanol–water partition coefficient (Wildman–Crippen LogP) is 3.41. The van der Waals surface area contributed by atoms with Crippen LogP contribution in [0, 0.1) is 6.92 Å². The fraction of sp³-hybridized carbons (Fsp3) is 0.105. The number of aryl methyl sites for hydroxylation is 1. The van der Waals surface area contributed by atoms with Crippen molar-refractivity contribution in [3.8, 4) is 11.3 Å². The third-order valence-electron chi connectivity index (χ3n) is 3.98. The standard InChI is InChI=1S/C19H15N3O2/c1-13-16-17(15-10-6-3-7-11-15)20-22(19(23)18(16)21-24-13)12-14-8-4-2-5-9-14/h2-11H,12H2,1H3. The minimum absolute atomic E-state index is 0.245. The number of aromatic nitrogens is 3. The molecule has 4 rings (SSSR count). The molecular weight excluding hydrogens is 302 g/mol. The van der Waals surface area contributed by atoms with Crippen molar-refractivity contribution in [2.75, 3.05) is 0 Å². The summed E-state index contributed by atoms with van der Waals surface area (Å²) in [6.07, 6.45) is 0. The van der Waals surface area contributed by atoms with Crippen molar-refractivity contribution in [3.63, 3.8) is 0 Å². The molecule has 5 nitrogen and oxygen atoms in total. The zero-order chi connectivity index (χ0) is 16.5. The second kappa shape index (κ2) is 5.77. The maximum absolute atomic E-state index is 12.7. The van der Waals surface area contributed by atoms with Crippen LogP contribution in [0.4, 0.5) is 0 Å². The van der Waals surface area contributed by atoms with Crippen molar-refractivity contribution >= 4 is 10.9 Å². The van der Waals surface area contributed by atoms with Crippen molar-refractivity contribution in [2.24, 2.45) is 0 Å². The average Bonchev–Trinajstić information content (AvgIpc) is 3.01. The van der Waals surface area contributed by atoms with Crippen LogP contribution >= 0.6 is 0 Å². The Morgan fingerprint density at radius 1 is 1.00 bits per heavy atom. The lowest BCUT2D eigenvalue weighted by Gasteiger charge is -2.09. The second-order valence-electron chi connectivity index (χ2n) is 5.63. The van der Waals surface area contributed by atoms with Gasteiger partial charge in [0.1, 0.15) is 11.5 Å². The summed E-state index contributed by atoms with van der Waals surface area (Å²) in [6, 6.07) is 19.5. The lowest BCUT2D eigenvalue weighted by atomic mass is 10.1. The molecule has 0 saturated carbocycles. The van der Waals surface area contributed by atoms with Gasteiger partial charge in [-0.3, -0.25) is 4.79 Å². The maximum Gasteiger partial charge on any atom is 0.297 e. The number of fused-ring (bicyclic) bond motifs is 1. The van der Waals surface area contributed by atoms with E-state index in [0.717, 1.165) is 11.1 Å². The highest BCUT2D eigenvalue weighted by molar-refractivity contribution is 5.92. The first-order valence-electron chi connectivity index (χ1n) is 7.70. The van der Waals surface area contributed by atoms with Crippen molar-refractivity contribution in [2.45, 2.75) is 13.5 Å². The molecule has 118 valence electrons. The first kappa shape index (κ1) is 14.4. The lowest BCUT2D eigenvalue weighted by molar-refractivity contribution is 0.405. The average molecular weight is 317 g/mol. The Bertz CT molecular complexity index is 1050. The van der Waals surface area contributed by atoms with Crippen LogP contribution in [0.25, 0.3) is 22.2 Å². The lowest BCUT2D eigenvalue weighted by Crippen LogP contribution is -2.24. The van der Waals surface area contributed by atoms with Crippen LogP contribution in [0.15, 0.2) is 70.0 Å². The molecule has 0 radical (unpaired) electrons. The molecule has 24 heavy (non-hydrogen) atoms. The van der Waals surface area contributed by atoms with Gasteiger partial charge in [-0.1, -0.05) is 65.8 Å². The van der Waals surface area contributed by atoms with Crippen LogP contribution in [0.1, 0.15) is 11.3 Å². The minimum Gasteiger partial charge on any atom is -0.360 e. The molecule has 0 amide bonds. The Morgan fingerprint density at radius 3 is 2.38 bits per heavy atom. The molecule has 4 aromatic rings. The largest absolute Gasteiger partial charge is 0.360 e. The van der Waals surface area contributed by atoms with E-state index in [1.54, 1.807) is 6.92 Å². The van der Waals surface area contributed by atoms with Gasteiger partial charge in [-0.15, -0.1) is 0 Å². The highest BCUT2D eigenvalue weighted by Crippen LogP contribution is 2.26. The van der Waals surface area contributed by atoms with E-state index in [9.17, 15) is 4.79 Å². The predicted molar refractivity (Wildman–Crippen MR) is 91.8 cm³/mol. The first-order chi connectivity index (χ1) is 11.7. The summed E-state index contributed by atoms with van der Waals surface area (Å²) in [6.45, 7) is 2.19. The third-order valence-corrected chi connectivity index (χ3v) is 3.98. The summed E-state index contributed by atoms with van der Waals surface area (Å²) < 4.78 is 6.71. The van der Waals surface area contributed by atoms with E-state index in [-0.39, 0.29) is 5.56 Å². The summed E-state index contributed by atoms with van der Waals surface area (Å²) in [5.74, 6) is 0.598. The van der Waals surface area contributed by atoms with E-state index in [4.69, 9.17) is 4.52 Å². The Kier molecular flexibility index (Phi) is 3.46. The highest BCUT2D eigenvalue weighted by atomic mass is 16.5. The zero-order valence-electron chi connectivity index (χ0n) is 13.1. The zero-order valence-corrected chi connectivity index (χ0v) is 13.1. The van der Waals surface area contributed by atoms with E-state index < -0.39 is 0 Å². The molecule has 0 aliphatic carbocycles. The monoisotopic (exact) mass is 317 g/mol. The minimum atomic E-state index is -0.245. The van der Waals surface area contributed by atoms with Crippen LogP contribution < -0.4 is 5.56 Å². The number of benzene rings is 2. The molecular formula is C19H15N3O2. The molecule has 0 aliphatic rings. The molecule has 0 aliphatic heterocycles. The van der Waals surface area contributed by atoms with Crippen LogP contribution in [0.3, 0.4) is 0 Å². The smallest absolute Gasteiger partial charge is 0.297 e. The number of hydrogen-bond acceptors (Lipinski definition) is 4. The van der Waals surface area contributed by atoms with Crippen molar-refractivity contribution in [1.29, 1.82) is 0 Å². The van der Waals surface area contributed by atoms with E-state index >= 15 is 0 Å². The van der Waals surface area contributed by atoms with E-state index in [2.05, 4.69) is 10.3 Å². The SMILES string of the molecule is Cc1onc2c(=O)n(Cc3ccccc3)nc(-c3ccccc3)c12.